The first-order chi connectivity index (χ1) is 9.72. The first-order valence-electron chi connectivity index (χ1n) is 8.96. The van der Waals surface area contributed by atoms with Crippen molar-refractivity contribution in [3.8, 4) is 0 Å². The Balaban J connectivity index is 1.39. The molecule has 0 aromatic carbocycles. The zero-order valence-electron chi connectivity index (χ0n) is 13.5. The number of piperidine rings is 1. The van der Waals surface area contributed by atoms with E-state index in [9.17, 15) is 0 Å². The first-order valence-corrected chi connectivity index (χ1v) is 8.96. The van der Waals surface area contributed by atoms with Gasteiger partial charge >= 0.3 is 0 Å². The highest BCUT2D eigenvalue weighted by Gasteiger charge is 2.32. The van der Waals surface area contributed by atoms with Gasteiger partial charge in [-0.2, -0.15) is 0 Å². The van der Waals surface area contributed by atoms with E-state index in [4.69, 9.17) is 0 Å². The zero-order chi connectivity index (χ0) is 13.9. The summed E-state index contributed by atoms with van der Waals surface area (Å²) < 4.78 is 0. The van der Waals surface area contributed by atoms with Crippen LogP contribution in [-0.4, -0.2) is 60.1 Å². The molecule has 0 radical (unpaired) electrons. The predicted octanol–water partition coefficient (Wildman–Crippen LogP) is 2.47. The van der Waals surface area contributed by atoms with Gasteiger partial charge in [-0.3, -0.25) is 0 Å². The van der Waals surface area contributed by atoms with Crippen molar-refractivity contribution in [3.63, 3.8) is 0 Å². The average molecular weight is 279 g/mol. The number of hydrogen-bond acceptors (Lipinski definition) is 3. The number of nitrogens with zero attached hydrogens (tertiary/aromatic N) is 2. The van der Waals surface area contributed by atoms with Crippen molar-refractivity contribution in [2.24, 2.45) is 0 Å². The Labute approximate surface area is 125 Å². The Kier molecular flexibility index (Phi) is 5.00. The van der Waals surface area contributed by atoms with Crippen LogP contribution in [0.25, 0.3) is 0 Å². The van der Waals surface area contributed by atoms with Crippen molar-refractivity contribution in [3.05, 3.63) is 0 Å². The molecule has 2 saturated heterocycles. The van der Waals surface area contributed by atoms with Crippen molar-refractivity contribution in [1.29, 1.82) is 0 Å². The van der Waals surface area contributed by atoms with E-state index in [1.165, 1.54) is 71.1 Å². The van der Waals surface area contributed by atoms with Crippen LogP contribution in [-0.2, 0) is 0 Å². The Morgan fingerprint density at radius 1 is 0.800 bits per heavy atom. The molecule has 1 N–H and O–H groups in total. The van der Waals surface area contributed by atoms with E-state index >= 15 is 0 Å². The summed E-state index contributed by atoms with van der Waals surface area (Å²) in [5.41, 5.74) is 0. The summed E-state index contributed by atoms with van der Waals surface area (Å²) >= 11 is 0. The molecule has 116 valence electrons. The summed E-state index contributed by atoms with van der Waals surface area (Å²) in [5, 5.41) is 3.98. The van der Waals surface area contributed by atoms with E-state index in [0.29, 0.717) is 0 Å². The van der Waals surface area contributed by atoms with Crippen LogP contribution in [0.2, 0.25) is 0 Å². The minimum atomic E-state index is 0.718. The lowest BCUT2D eigenvalue weighted by Crippen LogP contribution is -2.47. The summed E-state index contributed by atoms with van der Waals surface area (Å²) in [7, 11) is 0. The van der Waals surface area contributed by atoms with Gasteiger partial charge in [0.05, 0.1) is 0 Å². The van der Waals surface area contributed by atoms with Crippen LogP contribution in [0.1, 0.15) is 58.8 Å². The second-order valence-electron chi connectivity index (χ2n) is 7.47. The summed E-state index contributed by atoms with van der Waals surface area (Å²) in [6, 6.07) is 3.25. The molecule has 3 heteroatoms. The number of hydrogen-bond donors (Lipinski definition) is 1. The topological polar surface area (TPSA) is 18.5 Å². The zero-order valence-corrected chi connectivity index (χ0v) is 13.5. The monoisotopic (exact) mass is 279 g/mol. The van der Waals surface area contributed by atoms with Gasteiger partial charge in [-0.15, -0.1) is 0 Å². The summed E-state index contributed by atoms with van der Waals surface area (Å²) in [5.74, 6) is 0. The van der Waals surface area contributed by atoms with Gasteiger partial charge < -0.3 is 15.1 Å². The molecule has 0 bridgehead atoms. The Morgan fingerprint density at radius 2 is 1.45 bits per heavy atom. The van der Waals surface area contributed by atoms with Gasteiger partial charge in [0.25, 0.3) is 0 Å². The van der Waals surface area contributed by atoms with Crippen molar-refractivity contribution in [2.75, 3.05) is 26.2 Å². The maximum atomic E-state index is 3.98. The molecular weight excluding hydrogens is 246 g/mol. The summed E-state index contributed by atoms with van der Waals surface area (Å²) in [4.78, 5) is 5.38. The predicted molar refractivity (Wildman–Crippen MR) is 85.1 cm³/mol. The molecular formula is C17H33N3. The van der Waals surface area contributed by atoms with E-state index in [0.717, 1.165) is 24.2 Å². The van der Waals surface area contributed by atoms with Crippen molar-refractivity contribution in [1.82, 2.24) is 15.1 Å². The van der Waals surface area contributed by atoms with Gasteiger partial charge in [-0.25, -0.2) is 0 Å². The van der Waals surface area contributed by atoms with Crippen LogP contribution in [0.15, 0.2) is 0 Å². The van der Waals surface area contributed by atoms with Crippen molar-refractivity contribution < 1.29 is 0 Å². The highest BCUT2D eigenvalue weighted by atomic mass is 15.2. The molecule has 1 atom stereocenters. The number of rotatable bonds is 4. The lowest BCUT2D eigenvalue weighted by atomic mass is 10.0. The molecule has 2 heterocycles. The van der Waals surface area contributed by atoms with Crippen LogP contribution < -0.4 is 5.32 Å². The molecule has 0 aromatic rings. The lowest BCUT2D eigenvalue weighted by molar-refractivity contribution is 0.179. The Bertz CT molecular complexity index is 293. The first kappa shape index (κ1) is 14.8. The van der Waals surface area contributed by atoms with Gasteiger partial charge in [0.15, 0.2) is 0 Å². The van der Waals surface area contributed by atoms with Crippen molar-refractivity contribution in [2.45, 2.75) is 83.0 Å². The highest BCUT2D eigenvalue weighted by Crippen LogP contribution is 2.29. The van der Waals surface area contributed by atoms with Crippen LogP contribution in [0, 0.1) is 0 Å². The largest absolute Gasteiger partial charge is 0.311 e. The molecule has 2 aliphatic heterocycles. The molecule has 3 fully saturated rings. The molecule has 0 amide bonds. The molecule has 3 rings (SSSR count). The minimum Gasteiger partial charge on any atom is -0.311 e. The fourth-order valence-corrected chi connectivity index (χ4v) is 4.01. The maximum Gasteiger partial charge on any atom is 0.00964 e. The number of nitrogens with one attached hydrogen (secondary N) is 1. The molecule has 1 saturated carbocycles. The normalized spacial score (nSPS) is 31.6. The van der Waals surface area contributed by atoms with Gasteiger partial charge in [0.2, 0.25) is 0 Å². The van der Waals surface area contributed by atoms with Crippen LogP contribution in [0.4, 0.5) is 0 Å². The van der Waals surface area contributed by atoms with E-state index in [1.54, 1.807) is 0 Å². The molecule has 1 aliphatic carbocycles. The molecule has 20 heavy (non-hydrogen) atoms. The number of likely N-dealkylation sites (tertiary alicyclic amines) is 2. The standard InChI is InChI=1S/C17H33N3/c1-14(2)19-10-3-4-15(7-11-19)18-16-8-12-20(13-9-16)17-5-6-17/h14-18H,3-13H2,1-2H3. The Hall–Kier alpha value is -0.120. The third-order valence-electron chi connectivity index (χ3n) is 5.56. The van der Waals surface area contributed by atoms with E-state index in [1.807, 2.05) is 0 Å². The minimum absolute atomic E-state index is 0.718. The third kappa shape index (κ3) is 3.96. The van der Waals surface area contributed by atoms with Crippen LogP contribution >= 0.6 is 0 Å². The van der Waals surface area contributed by atoms with Crippen LogP contribution in [0.3, 0.4) is 0 Å². The lowest BCUT2D eigenvalue weighted by Gasteiger charge is -2.34. The molecule has 0 spiro atoms. The SMILES string of the molecule is CC(C)N1CCCC(NC2CCN(C3CC3)CC2)CC1. The van der Waals surface area contributed by atoms with Crippen LogP contribution in [0.5, 0.6) is 0 Å². The second-order valence-corrected chi connectivity index (χ2v) is 7.47. The van der Waals surface area contributed by atoms with E-state index in [-0.39, 0.29) is 0 Å². The smallest absolute Gasteiger partial charge is 0.00964 e. The molecule has 0 aromatic heterocycles. The van der Waals surface area contributed by atoms with Gasteiger partial charge in [0.1, 0.15) is 0 Å². The quantitative estimate of drug-likeness (QED) is 0.853. The molecule has 3 aliphatic rings. The van der Waals surface area contributed by atoms with Gasteiger partial charge in [0, 0.05) is 24.2 Å². The fraction of sp³-hybridized carbons (Fsp3) is 1.00. The third-order valence-corrected chi connectivity index (χ3v) is 5.56. The molecule has 3 nitrogen and oxygen atoms in total. The van der Waals surface area contributed by atoms with Gasteiger partial charge in [-0.05, 0) is 85.0 Å². The summed E-state index contributed by atoms with van der Waals surface area (Å²) in [6.07, 6.45) is 9.78. The van der Waals surface area contributed by atoms with E-state index in [2.05, 4.69) is 29.0 Å². The molecule has 1 unspecified atom stereocenters. The fourth-order valence-electron chi connectivity index (χ4n) is 4.01. The Morgan fingerprint density at radius 3 is 2.10 bits per heavy atom. The second kappa shape index (κ2) is 6.76. The summed E-state index contributed by atoms with van der Waals surface area (Å²) in [6.45, 7) is 9.94. The van der Waals surface area contributed by atoms with Crippen molar-refractivity contribution >= 4 is 0 Å². The maximum absolute atomic E-state index is 3.98. The van der Waals surface area contributed by atoms with Gasteiger partial charge in [-0.1, -0.05) is 0 Å². The average Bonchev–Trinajstić information content (AvgIpc) is 3.26. The highest BCUT2D eigenvalue weighted by molar-refractivity contribution is 4.90. The van der Waals surface area contributed by atoms with E-state index < -0.39 is 0 Å².